The summed E-state index contributed by atoms with van der Waals surface area (Å²) in [5.74, 6) is 0. The van der Waals surface area contributed by atoms with Gasteiger partial charge in [0.25, 0.3) is 0 Å². The van der Waals surface area contributed by atoms with Crippen molar-refractivity contribution in [2.75, 3.05) is 7.05 Å². The molecule has 3 heteroatoms. The molecule has 3 heterocycles. The van der Waals surface area contributed by atoms with Gasteiger partial charge in [0, 0.05) is 17.0 Å². The van der Waals surface area contributed by atoms with Crippen molar-refractivity contribution in [3.8, 4) is 0 Å². The first kappa shape index (κ1) is 13.2. The molecule has 2 atom stereocenters. The Balaban J connectivity index is 0.00000110. The number of halogens is 1. The fourth-order valence-electron chi connectivity index (χ4n) is 3.45. The topological polar surface area (TPSA) is 3.24 Å². The molecule has 2 aliphatic rings. The first-order valence-electron chi connectivity index (χ1n) is 6.72. The fraction of sp³-hybridized carbons (Fsp3) is 0.375. The highest BCUT2D eigenvalue weighted by atomic mass is 35.5. The quantitative estimate of drug-likeness (QED) is 0.744. The molecule has 4 rings (SSSR count). The number of benzene rings is 1. The Hall–Kier alpha value is -0.830. The molecule has 1 saturated heterocycles. The molecule has 0 N–H and O–H groups in total. The van der Waals surface area contributed by atoms with Crippen LogP contribution in [0, 0.1) is 0 Å². The molecule has 0 saturated carbocycles. The summed E-state index contributed by atoms with van der Waals surface area (Å²) in [6.07, 6.45) is 6.46. The van der Waals surface area contributed by atoms with Gasteiger partial charge in [-0.1, -0.05) is 30.3 Å². The van der Waals surface area contributed by atoms with Crippen molar-refractivity contribution in [1.82, 2.24) is 4.90 Å². The zero-order valence-corrected chi connectivity index (χ0v) is 12.6. The standard InChI is InChI=1S/C16H17NS.ClH/c1-17-13-6-7-14(17)9-12(8-13)16-15-5-3-2-4-11(15)10-18-16;/h2-5,8,10,13-14H,6-7,9H2,1H3;1H. The number of hydrogen-bond acceptors (Lipinski definition) is 2. The molecular formula is C16H18ClNS. The van der Waals surface area contributed by atoms with Crippen molar-refractivity contribution < 1.29 is 0 Å². The highest BCUT2D eigenvalue weighted by Crippen LogP contribution is 2.41. The van der Waals surface area contributed by atoms with Crippen LogP contribution in [-0.2, 0) is 0 Å². The van der Waals surface area contributed by atoms with Crippen LogP contribution in [0.1, 0.15) is 24.1 Å². The number of rotatable bonds is 1. The van der Waals surface area contributed by atoms with Crippen LogP contribution >= 0.6 is 23.7 Å². The van der Waals surface area contributed by atoms with E-state index in [2.05, 4.69) is 47.7 Å². The van der Waals surface area contributed by atoms with Crippen LogP contribution < -0.4 is 0 Å². The SMILES string of the molecule is CN1C2C=C(c3scc4ccccc34)CC1CC2.Cl. The second-order valence-corrected chi connectivity index (χ2v) is 6.39. The normalized spacial score (nSPS) is 26.3. The van der Waals surface area contributed by atoms with Crippen LogP contribution in [0.3, 0.4) is 0 Å². The predicted molar refractivity (Wildman–Crippen MR) is 86.2 cm³/mol. The van der Waals surface area contributed by atoms with Crippen molar-refractivity contribution in [2.24, 2.45) is 0 Å². The van der Waals surface area contributed by atoms with Gasteiger partial charge in [-0.05, 0) is 48.0 Å². The van der Waals surface area contributed by atoms with Crippen LogP contribution in [0.5, 0.6) is 0 Å². The van der Waals surface area contributed by atoms with E-state index in [1.165, 1.54) is 34.9 Å². The molecule has 2 bridgehead atoms. The van der Waals surface area contributed by atoms with E-state index in [1.807, 2.05) is 11.3 Å². The van der Waals surface area contributed by atoms with Gasteiger partial charge in [0.1, 0.15) is 0 Å². The maximum absolute atomic E-state index is 2.55. The van der Waals surface area contributed by atoms with E-state index < -0.39 is 0 Å². The van der Waals surface area contributed by atoms with Crippen molar-refractivity contribution >= 4 is 40.1 Å². The Morgan fingerprint density at radius 2 is 2.05 bits per heavy atom. The minimum atomic E-state index is 0. The fourth-order valence-corrected chi connectivity index (χ4v) is 4.52. The minimum Gasteiger partial charge on any atom is -0.297 e. The smallest absolute Gasteiger partial charge is 0.0378 e. The lowest BCUT2D eigenvalue weighted by atomic mass is 9.98. The molecule has 2 aliphatic heterocycles. The third-order valence-corrected chi connectivity index (χ3v) is 5.63. The molecule has 0 spiro atoms. The summed E-state index contributed by atoms with van der Waals surface area (Å²) in [4.78, 5) is 4.06. The Bertz CT molecular complexity index is 630. The first-order valence-corrected chi connectivity index (χ1v) is 7.60. The Kier molecular flexibility index (Phi) is 3.42. The van der Waals surface area contributed by atoms with Crippen molar-refractivity contribution in [3.63, 3.8) is 0 Å². The van der Waals surface area contributed by atoms with Crippen LogP contribution in [0.25, 0.3) is 16.3 Å². The van der Waals surface area contributed by atoms with Gasteiger partial charge in [-0.15, -0.1) is 23.7 Å². The molecule has 19 heavy (non-hydrogen) atoms. The Morgan fingerprint density at radius 3 is 2.89 bits per heavy atom. The van der Waals surface area contributed by atoms with Crippen LogP contribution in [0.4, 0.5) is 0 Å². The monoisotopic (exact) mass is 291 g/mol. The van der Waals surface area contributed by atoms with E-state index in [0.717, 1.165) is 6.04 Å². The summed E-state index contributed by atoms with van der Waals surface area (Å²) in [6, 6.07) is 10.2. The molecule has 2 unspecified atom stereocenters. The molecule has 1 fully saturated rings. The summed E-state index contributed by atoms with van der Waals surface area (Å²) in [5, 5.41) is 5.13. The minimum absolute atomic E-state index is 0. The van der Waals surface area contributed by atoms with Gasteiger partial charge in [0.15, 0.2) is 0 Å². The van der Waals surface area contributed by atoms with Gasteiger partial charge >= 0.3 is 0 Å². The first-order chi connectivity index (χ1) is 8.83. The average molecular weight is 292 g/mol. The highest BCUT2D eigenvalue weighted by molar-refractivity contribution is 7.12. The summed E-state index contributed by atoms with van der Waals surface area (Å²) in [5.41, 5.74) is 1.59. The number of fused-ring (bicyclic) bond motifs is 3. The van der Waals surface area contributed by atoms with Gasteiger partial charge in [-0.2, -0.15) is 0 Å². The van der Waals surface area contributed by atoms with E-state index in [1.54, 1.807) is 5.57 Å². The summed E-state index contributed by atoms with van der Waals surface area (Å²) >= 11 is 1.92. The van der Waals surface area contributed by atoms with Gasteiger partial charge in [-0.25, -0.2) is 0 Å². The van der Waals surface area contributed by atoms with Gasteiger partial charge < -0.3 is 0 Å². The Labute approximate surface area is 124 Å². The van der Waals surface area contributed by atoms with Crippen LogP contribution in [0.15, 0.2) is 35.7 Å². The maximum atomic E-state index is 2.55. The largest absolute Gasteiger partial charge is 0.297 e. The molecule has 0 aliphatic carbocycles. The lowest BCUT2D eigenvalue weighted by molar-refractivity contribution is 0.265. The van der Waals surface area contributed by atoms with Crippen LogP contribution in [0.2, 0.25) is 0 Å². The molecule has 1 aromatic heterocycles. The number of likely N-dealkylation sites (N-methyl/N-ethyl adjacent to an activating group) is 1. The number of nitrogens with zero attached hydrogens (tertiary/aromatic N) is 1. The molecule has 100 valence electrons. The second-order valence-electron chi connectivity index (χ2n) is 5.51. The predicted octanol–water partition coefficient (Wildman–Crippen LogP) is 4.57. The van der Waals surface area contributed by atoms with E-state index in [9.17, 15) is 0 Å². The molecule has 1 aromatic carbocycles. The van der Waals surface area contributed by atoms with Crippen LogP contribution in [-0.4, -0.2) is 24.0 Å². The third-order valence-electron chi connectivity index (χ3n) is 4.54. The lowest BCUT2D eigenvalue weighted by Gasteiger charge is -2.30. The van der Waals surface area contributed by atoms with E-state index in [-0.39, 0.29) is 12.4 Å². The van der Waals surface area contributed by atoms with E-state index >= 15 is 0 Å². The summed E-state index contributed by atoms with van der Waals surface area (Å²) in [7, 11) is 2.28. The van der Waals surface area contributed by atoms with E-state index in [0.29, 0.717) is 6.04 Å². The van der Waals surface area contributed by atoms with Gasteiger partial charge in [0.2, 0.25) is 0 Å². The molecule has 0 amide bonds. The molecule has 0 radical (unpaired) electrons. The lowest BCUT2D eigenvalue weighted by Crippen LogP contribution is -2.34. The van der Waals surface area contributed by atoms with E-state index in [4.69, 9.17) is 0 Å². The molecule has 1 nitrogen and oxygen atoms in total. The van der Waals surface area contributed by atoms with Gasteiger partial charge in [0.05, 0.1) is 0 Å². The summed E-state index contributed by atoms with van der Waals surface area (Å²) in [6.45, 7) is 0. The maximum Gasteiger partial charge on any atom is 0.0378 e. The third kappa shape index (κ3) is 2.03. The number of thiophene rings is 1. The molecular weight excluding hydrogens is 274 g/mol. The van der Waals surface area contributed by atoms with Crippen molar-refractivity contribution in [2.45, 2.75) is 31.3 Å². The number of hydrogen-bond donors (Lipinski definition) is 0. The average Bonchev–Trinajstić information content (AvgIpc) is 2.88. The highest BCUT2D eigenvalue weighted by Gasteiger charge is 2.34. The Morgan fingerprint density at radius 1 is 1.21 bits per heavy atom. The van der Waals surface area contributed by atoms with Crippen molar-refractivity contribution in [1.29, 1.82) is 0 Å². The molecule has 2 aromatic rings. The zero-order chi connectivity index (χ0) is 12.1. The van der Waals surface area contributed by atoms with Crippen molar-refractivity contribution in [3.05, 3.63) is 40.6 Å². The summed E-state index contributed by atoms with van der Waals surface area (Å²) < 4.78 is 0. The van der Waals surface area contributed by atoms with Gasteiger partial charge in [-0.3, -0.25) is 4.90 Å². The zero-order valence-electron chi connectivity index (χ0n) is 11.0. The second kappa shape index (κ2) is 4.93.